The molecule has 1 fully saturated rings. The minimum atomic E-state index is 0.404. The summed E-state index contributed by atoms with van der Waals surface area (Å²) in [6.07, 6.45) is 5.93. The Labute approximate surface area is 205 Å². The zero-order chi connectivity index (χ0) is 24.1. The molecule has 4 aromatic heterocycles. The zero-order valence-electron chi connectivity index (χ0n) is 20.9. The molecule has 8 heteroatoms. The minimum Gasteiger partial charge on any atom is -0.354 e. The number of H-pyrrole nitrogens is 1. The van der Waals surface area contributed by atoms with Crippen LogP contribution in [0.3, 0.4) is 0 Å². The fraction of sp³-hybridized carbons (Fsp3) is 0.407. The van der Waals surface area contributed by atoms with Gasteiger partial charge in [-0.15, -0.1) is 5.10 Å². The summed E-state index contributed by atoms with van der Waals surface area (Å²) >= 11 is 0. The van der Waals surface area contributed by atoms with E-state index in [1.165, 1.54) is 33.3 Å². The van der Waals surface area contributed by atoms with Crippen molar-refractivity contribution in [2.45, 2.75) is 52.0 Å². The standard InChI is InChI=1S/C27H32N8/c1-17(2)26-23-13-20(19-7-9-34(10-8-19)15-25-28-16-33(4)31-25)5-6-24(23)30-27(26)21-11-18(3)35-22(12-21)14-29-32-35/h5-6,11-14,16-17,19,30H,7-10,15H2,1-4H3. The maximum absolute atomic E-state index is 4.44. The molecule has 5 aromatic rings. The number of benzene rings is 1. The lowest BCUT2D eigenvalue weighted by Gasteiger charge is -2.31. The molecule has 0 atom stereocenters. The minimum absolute atomic E-state index is 0.404. The van der Waals surface area contributed by atoms with Crippen LogP contribution in [0.2, 0.25) is 0 Å². The number of pyridine rings is 1. The van der Waals surface area contributed by atoms with Crippen LogP contribution >= 0.6 is 0 Å². The van der Waals surface area contributed by atoms with Crippen LogP contribution in [-0.2, 0) is 13.6 Å². The molecular weight excluding hydrogens is 436 g/mol. The molecule has 0 radical (unpaired) electrons. The number of rotatable bonds is 5. The number of likely N-dealkylation sites (tertiary alicyclic amines) is 1. The van der Waals surface area contributed by atoms with Gasteiger partial charge in [0, 0.05) is 29.2 Å². The SMILES string of the molecule is Cc1cc(-c2[nH]c3ccc(C4CCN(Cc5ncn(C)n5)CC4)cc3c2C(C)C)cc2cnnn12. The third-order valence-electron chi connectivity index (χ3n) is 7.38. The molecule has 1 aliphatic rings. The van der Waals surface area contributed by atoms with Crippen molar-refractivity contribution < 1.29 is 0 Å². The van der Waals surface area contributed by atoms with Crippen LogP contribution in [0.15, 0.2) is 42.9 Å². The highest BCUT2D eigenvalue weighted by Crippen LogP contribution is 2.38. The monoisotopic (exact) mass is 468 g/mol. The van der Waals surface area contributed by atoms with Crippen LogP contribution in [-0.4, -0.2) is 52.6 Å². The van der Waals surface area contributed by atoms with Gasteiger partial charge < -0.3 is 4.98 Å². The molecule has 6 rings (SSSR count). The van der Waals surface area contributed by atoms with Crippen LogP contribution in [0.4, 0.5) is 0 Å². The maximum atomic E-state index is 4.44. The smallest absolute Gasteiger partial charge is 0.164 e. The first-order valence-electron chi connectivity index (χ1n) is 12.5. The molecule has 1 aliphatic heterocycles. The maximum Gasteiger partial charge on any atom is 0.164 e. The molecule has 1 aromatic carbocycles. The molecule has 0 bridgehead atoms. The van der Waals surface area contributed by atoms with Gasteiger partial charge in [0.25, 0.3) is 0 Å². The van der Waals surface area contributed by atoms with E-state index in [0.29, 0.717) is 11.8 Å². The number of nitrogens with zero attached hydrogens (tertiary/aromatic N) is 7. The van der Waals surface area contributed by atoms with Crippen molar-refractivity contribution in [3.63, 3.8) is 0 Å². The fourth-order valence-corrected chi connectivity index (χ4v) is 5.64. The van der Waals surface area contributed by atoms with Gasteiger partial charge in [0.1, 0.15) is 6.33 Å². The van der Waals surface area contributed by atoms with E-state index in [4.69, 9.17) is 0 Å². The van der Waals surface area contributed by atoms with E-state index < -0.39 is 0 Å². The second-order valence-corrected chi connectivity index (χ2v) is 10.2. The molecule has 5 heterocycles. The predicted molar refractivity (Wildman–Crippen MR) is 137 cm³/mol. The molecule has 0 unspecified atom stereocenters. The summed E-state index contributed by atoms with van der Waals surface area (Å²) in [7, 11) is 1.92. The Kier molecular flexibility index (Phi) is 5.40. The molecule has 1 N–H and O–H groups in total. The van der Waals surface area contributed by atoms with Crippen LogP contribution in [0, 0.1) is 6.92 Å². The van der Waals surface area contributed by atoms with Crippen LogP contribution in [0.5, 0.6) is 0 Å². The first kappa shape index (κ1) is 22.0. The van der Waals surface area contributed by atoms with Gasteiger partial charge in [0.2, 0.25) is 0 Å². The van der Waals surface area contributed by atoms with Gasteiger partial charge in [-0.05, 0) is 80.1 Å². The Morgan fingerprint density at radius 2 is 1.94 bits per heavy atom. The first-order chi connectivity index (χ1) is 17.0. The van der Waals surface area contributed by atoms with E-state index >= 15 is 0 Å². The Balaban J connectivity index is 1.29. The third-order valence-corrected chi connectivity index (χ3v) is 7.38. The number of hydrogen-bond donors (Lipinski definition) is 1. The summed E-state index contributed by atoms with van der Waals surface area (Å²) in [6, 6.07) is 11.4. The second-order valence-electron chi connectivity index (χ2n) is 10.2. The number of piperidine rings is 1. The average molecular weight is 469 g/mol. The van der Waals surface area contributed by atoms with Crippen molar-refractivity contribution in [3.8, 4) is 11.3 Å². The van der Waals surface area contributed by atoms with Crippen LogP contribution < -0.4 is 0 Å². The summed E-state index contributed by atoms with van der Waals surface area (Å²) in [5.74, 6) is 1.90. The molecule has 1 saturated heterocycles. The van der Waals surface area contributed by atoms with Gasteiger partial charge in [-0.1, -0.05) is 25.1 Å². The van der Waals surface area contributed by atoms with E-state index in [2.05, 4.69) is 81.4 Å². The molecule has 8 nitrogen and oxygen atoms in total. The number of aromatic amines is 1. The second kappa shape index (κ2) is 8.61. The molecule has 0 spiro atoms. The molecule has 35 heavy (non-hydrogen) atoms. The quantitative estimate of drug-likeness (QED) is 0.400. The highest BCUT2D eigenvalue weighted by Gasteiger charge is 2.23. The molecular formula is C27H32N8. The van der Waals surface area contributed by atoms with E-state index in [1.54, 1.807) is 11.0 Å². The van der Waals surface area contributed by atoms with Gasteiger partial charge in [-0.2, -0.15) is 5.10 Å². The lowest BCUT2D eigenvalue weighted by Crippen LogP contribution is -2.32. The number of nitrogens with one attached hydrogen (secondary N) is 1. The van der Waals surface area contributed by atoms with E-state index in [1.807, 2.05) is 17.8 Å². The number of hydrogen-bond acceptors (Lipinski definition) is 5. The largest absolute Gasteiger partial charge is 0.354 e. The number of fused-ring (bicyclic) bond motifs is 2. The van der Waals surface area contributed by atoms with Crippen molar-refractivity contribution in [3.05, 3.63) is 65.5 Å². The summed E-state index contributed by atoms with van der Waals surface area (Å²) in [6.45, 7) is 9.65. The Morgan fingerprint density at radius 1 is 1.11 bits per heavy atom. The number of aromatic nitrogens is 7. The van der Waals surface area contributed by atoms with Gasteiger partial charge in [-0.25, -0.2) is 9.50 Å². The van der Waals surface area contributed by atoms with Crippen molar-refractivity contribution in [1.29, 1.82) is 0 Å². The van der Waals surface area contributed by atoms with Crippen molar-refractivity contribution in [1.82, 2.24) is 39.5 Å². The summed E-state index contributed by atoms with van der Waals surface area (Å²) in [4.78, 5) is 10.6. The fourth-order valence-electron chi connectivity index (χ4n) is 5.64. The van der Waals surface area contributed by atoms with E-state index in [0.717, 1.165) is 49.5 Å². The first-order valence-corrected chi connectivity index (χ1v) is 12.5. The predicted octanol–water partition coefficient (Wildman–Crippen LogP) is 4.82. The Morgan fingerprint density at radius 3 is 2.69 bits per heavy atom. The van der Waals surface area contributed by atoms with E-state index in [9.17, 15) is 0 Å². The van der Waals surface area contributed by atoms with E-state index in [-0.39, 0.29) is 0 Å². The Bertz CT molecular complexity index is 1500. The summed E-state index contributed by atoms with van der Waals surface area (Å²) < 4.78 is 3.66. The normalized spacial score (nSPS) is 15.7. The molecule has 0 amide bonds. The van der Waals surface area contributed by atoms with Crippen molar-refractivity contribution >= 4 is 16.4 Å². The highest BCUT2D eigenvalue weighted by atomic mass is 15.4. The summed E-state index contributed by atoms with van der Waals surface area (Å²) in [5, 5.41) is 14.1. The van der Waals surface area contributed by atoms with Gasteiger partial charge in [0.05, 0.1) is 24.0 Å². The topological polar surface area (TPSA) is 79.9 Å². The molecule has 0 saturated carbocycles. The van der Waals surface area contributed by atoms with Gasteiger partial charge in [-0.3, -0.25) is 9.58 Å². The zero-order valence-corrected chi connectivity index (χ0v) is 20.9. The van der Waals surface area contributed by atoms with Crippen molar-refractivity contribution in [2.75, 3.05) is 13.1 Å². The third kappa shape index (κ3) is 4.01. The van der Waals surface area contributed by atoms with Crippen LogP contribution in [0.25, 0.3) is 27.7 Å². The average Bonchev–Trinajstić information content (AvgIpc) is 3.57. The molecule has 180 valence electrons. The van der Waals surface area contributed by atoms with Crippen molar-refractivity contribution in [2.24, 2.45) is 7.05 Å². The van der Waals surface area contributed by atoms with Gasteiger partial charge in [0.15, 0.2) is 5.82 Å². The lowest BCUT2D eigenvalue weighted by atomic mass is 9.87. The summed E-state index contributed by atoms with van der Waals surface area (Å²) in [5.41, 5.74) is 8.53. The lowest BCUT2D eigenvalue weighted by molar-refractivity contribution is 0.200. The molecule has 0 aliphatic carbocycles. The Hall–Kier alpha value is -3.52. The van der Waals surface area contributed by atoms with Crippen LogP contribution in [0.1, 0.15) is 61.2 Å². The highest BCUT2D eigenvalue weighted by molar-refractivity contribution is 5.92. The number of aryl methyl sites for hydroxylation is 2. The van der Waals surface area contributed by atoms with Gasteiger partial charge >= 0.3 is 0 Å².